The number of rotatable bonds is 3. The molecule has 144 valence electrons. The summed E-state index contributed by atoms with van der Waals surface area (Å²) in [5, 5.41) is 18.4. The number of ether oxygens (including phenoxy) is 1. The molecule has 3 aromatic rings. The van der Waals surface area contributed by atoms with Crippen molar-refractivity contribution >= 4 is 34.3 Å². The van der Waals surface area contributed by atoms with Crippen LogP contribution in [0.1, 0.15) is 31.1 Å². The Balaban J connectivity index is 1.91. The maximum absolute atomic E-state index is 12.5. The average molecular weight is 382 g/mol. The Morgan fingerprint density at radius 3 is 2.57 bits per heavy atom. The Bertz CT molecular complexity index is 1080. The van der Waals surface area contributed by atoms with Gasteiger partial charge in [0.25, 0.3) is 11.6 Å². The molecule has 0 aliphatic carbocycles. The molecule has 9 nitrogen and oxygen atoms in total. The van der Waals surface area contributed by atoms with Gasteiger partial charge in [-0.3, -0.25) is 14.9 Å². The Hall–Kier alpha value is -3.75. The third-order valence-corrected chi connectivity index (χ3v) is 3.74. The quantitative estimate of drug-likeness (QED) is 0.541. The lowest BCUT2D eigenvalue weighted by atomic mass is 10.1. The van der Waals surface area contributed by atoms with Crippen LogP contribution in [0, 0.1) is 10.1 Å². The highest BCUT2D eigenvalue weighted by Gasteiger charge is 2.22. The summed E-state index contributed by atoms with van der Waals surface area (Å²) in [5.41, 5.74) is -0.239. The molecule has 28 heavy (non-hydrogen) atoms. The van der Waals surface area contributed by atoms with Gasteiger partial charge in [-0.15, -0.1) is 0 Å². The zero-order chi connectivity index (χ0) is 20.5. The molecule has 3 rings (SSSR count). The van der Waals surface area contributed by atoms with Gasteiger partial charge in [-0.1, -0.05) is 12.1 Å². The van der Waals surface area contributed by atoms with E-state index in [0.717, 1.165) is 4.68 Å². The third kappa shape index (κ3) is 3.98. The molecular formula is C19H18N4O5. The summed E-state index contributed by atoms with van der Waals surface area (Å²) in [5.74, 6) is -0.630. The number of benzene rings is 2. The van der Waals surface area contributed by atoms with Gasteiger partial charge in [-0.25, -0.2) is 4.79 Å². The fraction of sp³-hybridized carbons (Fsp3) is 0.211. The van der Waals surface area contributed by atoms with Crippen molar-refractivity contribution in [3.63, 3.8) is 0 Å². The first kappa shape index (κ1) is 19.0. The molecule has 0 saturated carbocycles. The third-order valence-electron chi connectivity index (χ3n) is 3.74. The zero-order valence-corrected chi connectivity index (χ0v) is 15.5. The second kappa shape index (κ2) is 7.10. The summed E-state index contributed by atoms with van der Waals surface area (Å²) in [6.45, 7) is 5.24. The fourth-order valence-corrected chi connectivity index (χ4v) is 2.57. The first-order valence-electron chi connectivity index (χ1n) is 8.41. The molecule has 1 heterocycles. The maximum atomic E-state index is 12.5. The number of nitrogens with zero attached hydrogens (tertiary/aromatic N) is 3. The van der Waals surface area contributed by atoms with Crippen molar-refractivity contribution in [3.05, 3.63) is 64.3 Å². The van der Waals surface area contributed by atoms with Gasteiger partial charge in [-0.2, -0.15) is 9.78 Å². The minimum absolute atomic E-state index is 0.0618. The van der Waals surface area contributed by atoms with Crippen molar-refractivity contribution < 1.29 is 19.2 Å². The Kier molecular flexibility index (Phi) is 4.83. The van der Waals surface area contributed by atoms with Crippen molar-refractivity contribution in [3.8, 4) is 0 Å². The van der Waals surface area contributed by atoms with E-state index in [-0.39, 0.29) is 11.3 Å². The molecule has 0 atom stereocenters. The predicted octanol–water partition coefficient (Wildman–Crippen LogP) is 3.98. The van der Waals surface area contributed by atoms with Gasteiger partial charge < -0.3 is 10.1 Å². The summed E-state index contributed by atoms with van der Waals surface area (Å²) in [4.78, 5) is 35.3. The van der Waals surface area contributed by atoms with Gasteiger partial charge in [0, 0.05) is 17.1 Å². The number of nitrogens with one attached hydrogen (secondary N) is 1. The molecule has 0 spiro atoms. The molecule has 9 heteroatoms. The fourth-order valence-electron chi connectivity index (χ4n) is 2.57. The molecule has 0 aliphatic heterocycles. The van der Waals surface area contributed by atoms with E-state index in [2.05, 4.69) is 10.4 Å². The van der Waals surface area contributed by atoms with Gasteiger partial charge in [-0.05, 0) is 45.0 Å². The first-order chi connectivity index (χ1) is 13.2. The van der Waals surface area contributed by atoms with Crippen LogP contribution in [0.15, 0.2) is 48.7 Å². The number of carbonyl (C=O) groups excluding carboxylic acids is 2. The number of nitro groups is 1. The van der Waals surface area contributed by atoms with E-state index in [1.165, 1.54) is 24.4 Å². The summed E-state index contributed by atoms with van der Waals surface area (Å²) < 4.78 is 6.42. The molecule has 0 bridgehead atoms. The molecule has 1 amide bonds. The second-order valence-corrected chi connectivity index (χ2v) is 7.04. The maximum Gasteiger partial charge on any atom is 0.435 e. The van der Waals surface area contributed by atoms with Crippen molar-refractivity contribution in [1.82, 2.24) is 9.78 Å². The minimum atomic E-state index is -0.687. The van der Waals surface area contributed by atoms with E-state index < -0.39 is 22.5 Å². The van der Waals surface area contributed by atoms with Gasteiger partial charge in [0.1, 0.15) is 11.2 Å². The van der Waals surface area contributed by atoms with Crippen LogP contribution < -0.4 is 5.32 Å². The van der Waals surface area contributed by atoms with Crippen LogP contribution in [0.3, 0.4) is 0 Å². The summed E-state index contributed by atoms with van der Waals surface area (Å²) in [7, 11) is 0. The predicted molar refractivity (Wildman–Crippen MR) is 102 cm³/mol. The second-order valence-electron chi connectivity index (χ2n) is 7.04. The molecule has 0 unspecified atom stereocenters. The molecule has 0 saturated heterocycles. The van der Waals surface area contributed by atoms with Gasteiger partial charge in [0.05, 0.1) is 16.6 Å². The number of carbonyl (C=O) groups is 2. The number of hydrogen-bond donors (Lipinski definition) is 1. The summed E-state index contributed by atoms with van der Waals surface area (Å²) in [6, 6.07) is 10.5. The lowest BCUT2D eigenvalue weighted by Gasteiger charge is -2.19. The number of hydrogen-bond acceptors (Lipinski definition) is 6. The monoisotopic (exact) mass is 382 g/mol. The number of aromatic nitrogens is 2. The highest BCUT2D eigenvalue weighted by Crippen LogP contribution is 2.23. The van der Waals surface area contributed by atoms with Gasteiger partial charge in [0.15, 0.2) is 0 Å². The molecule has 1 N–H and O–H groups in total. The SMILES string of the molecule is CC(C)(C)OC(=O)n1ncc2ccc(NC(=O)c3ccccc3[N+](=O)[O-])cc21. The summed E-state index contributed by atoms with van der Waals surface area (Å²) >= 11 is 0. The largest absolute Gasteiger partial charge is 0.442 e. The van der Waals surface area contributed by atoms with E-state index >= 15 is 0 Å². The van der Waals surface area contributed by atoms with Crippen molar-refractivity contribution in [1.29, 1.82) is 0 Å². The number of fused-ring (bicyclic) bond motifs is 1. The van der Waals surface area contributed by atoms with Gasteiger partial charge in [0.2, 0.25) is 0 Å². The molecule has 2 aromatic carbocycles. The van der Waals surface area contributed by atoms with E-state index in [0.29, 0.717) is 16.6 Å². The van der Waals surface area contributed by atoms with E-state index in [1.807, 2.05) is 0 Å². The average Bonchev–Trinajstić information content (AvgIpc) is 3.03. The highest BCUT2D eigenvalue weighted by atomic mass is 16.6. The lowest BCUT2D eigenvalue weighted by molar-refractivity contribution is -0.385. The number of anilines is 1. The van der Waals surface area contributed by atoms with Crippen LogP contribution in [-0.4, -0.2) is 32.3 Å². The van der Waals surface area contributed by atoms with E-state index in [1.54, 1.807) is 45.0 Å². The standard InChI is InChI=1S/C19H18N4O5/c1-19(2,3)28-18(25)22-16-10-13(9-8-12(16)11-20-22)21-17(24)14-6-4-5-7-15(14)23(26)27/h4-11H,1-3H3,(H,21,24). The van der Waals surface area contributed by atoms with Gasteiger partial charge >= 0.3 is 6.09 Å². The number of para-hydroxylation sites is 1. The highest BCUT2D eigenvalue weighted by molar-refractivity contribution is 6.07. The molecule has 1 aromatic heterocycles. The van der Waals surface area contributed by atoms with Crippen LogP contribution in [0.4, 0.5) is 16.2 Å². The Morgan fingerprint density at radius 1 is 1.18 bits per heavy atom. The lowest BCUT2D eigenvalue weighted by Crippen LogP contribution is -2.27. The molecule has 0 aliphatic rings. The summed E-state index contributed by atoms with van der Waals surface area (Å²) in [6.07, 6.45) is 0.858. The first-order valence-corrected chi connectivity index (χ1v) is 8.41. The smallest absolute Gasteiger partial charge is 0.435 e. The Morgan fingerprint density at radius 2 is 1.89 bits per heavy atom. The van der Waals surface area contributed by atoms with Crippen molar-refractivity contribution in [2.75, 3.05) is 5.32 Å². The van der Waals surface area contributed by atoms with Crippen molar-refractivity contribution in [2.24, 2.45) is 0 Å². The zero-order valence-electron chi connectivity index (χ0n) is 15.5. The number of nitro benzene ring substituents is 1. The van der Waals surface area contributed by atoms with Crippen LogP contribution in [0.5, 0.6) is 0 Å². The minimum Gasteiger partial charge on any atom is -0.442 e. The Labute approximate surface area is 160 Å². The van der Waals surface area contributed by atoms with E-state index in [9.17, 15) is 19.7 Å². The molecular weight excluding hydrogens is 364 g/mol. The normalized spacial score (nSPS) is 11.2. The topological polar surface area (TPSA) is 116 Å². The molecule has 0 fully saturated rings. The van der Waals surface area contributed by atoms with Crippen LogP contribution in [0.25, 0.3) is 10.9 Å². The van der Waals surface area contributed by atoms with E-state index in [4.69, 9.17) is 4.74 Å². The van der Waals surface area contributed by atoms with Crippen LogP contribution in [0.2, 0.25) is 0 Å². The van der Waals surface area contributed by atoms with Crippen LogP contribution >= 0.6 is 0 Å². The van der Waals surface area contributed by atoms with Crippen LogP contribution in [-0.2, 0) is 4.74 Å². The number of amides is 1. The molecule has 0 radical (unpaired) electrons. The van der Waals surface area contributed by atoms with Crippen molar-refractivity contribution in [2.45, 2.75) is 26.4 Å².